The Morgan fingerprint density at radius 2 is 1.78 bits per heavy atom. The first-order valence-corrected chi connectivity index (χ1v) is 10.1. The number of rotatable bonds is 7. The minimum atomic E-state index is -0.379. The van der Waals surface area contributed by atoms with Gasteiger partial charge < -0.3 is 14.8 Å². The molecule has 0 bridgehead atoms. The number of carbonyl (C=O) groups excluding carboxylic acids is 1. The molecule has 0 aliphatic rings. The summed E-state index contributed by atoms with van der Waals surface area (Å²) in [4.78, 5) is 21.1. The number of hydrogen-bond acceptors (Lipinski definition) is 6. The molecular formula is C23H20ClN5O3. The number of aryl methyl sites for hydroxylation is 1. The van der Waals surface area contributed by atoms with E-state index in [1.54, 1.807) is 73.4 Å². The molecule has 32 heavy (non-hydrogen) atoms. The number of benzene rings is 2. The summed E-state index contributed by atoms with van der Waals surface area (Å²) in [5.41, 5.74) is 1.60. The SMILES string of the molecule is COc1ccc(Oc2cc(CNC(=O)c3nc(C)n(-c4ccc(Cl)cc4)n3)ccn2)cc1. The van der Waals surface area contributed by atoms with Crippen LogP contribution in [0, 0.1) is 6.92 Å². The van der Waals surface area contributed by atoms with Crippen molar-refractivity contribution in [1.82, 2.24) is 25.1 Å². The summed E-state index contributed by atoms with van der Waals surface area (Å²) in [5.74, 6) is 2.09. The number of methoxy groups -OCH3 is 1. The Kier molecular flexibility index (Phi) is 6.32. The molecule has 0 unspecified atom stereocenters. The highest BCUT2D eigenvalue weighted by molar-refractivity contribution is 6.30. The summed E-state index contributed by atoms with van der Waals surface area (Å²) >= 11 is 5.93. The lowest BCUT2D eigenvalue weighted by Crippen LogP contribution is -2.24. The van der Waals surface area contributed by atoms with Crippen LogP contribution in [-0.4, -0.2) is 32.8 Å². The summed E-state index contributed by atoms with van der Waals surface area (Å²) < 4.78 is 12.5. The number of carbonyl (C=O) groups is 1. The Bertz CT molecular complexity index is 1220. The van der Waals surface area contributed by atoms with Crippen LogP contribution < -0.4 is 14.8 Å². The largest absolute Gasteiger partial charge is 0.497 e. The second kappa shape index (κ2) is 9.49. The summed E-state index contributed by atoms with van der Waals surface area (Å²) in [6.07, 6.45) is 1.62. The van der Waals surface area contributed by atoms with Crippen LogP contribution in [-0.2, 0) is 6.54 Å². The van der Waals surface area contributed by atoms with Crippen molar-refractivity contribution in [2.75, 3.05) is 7.11 Å². The van der Waals surface area contributed by atoms with Crippen molar-refractivity contribution in [3.8, 4) is 23.1 Å². The number of halogens is 1. The molecule has 0 saturated heterocycles. The summed E-state index contributed by atoms with van der Waals surface area (Å²) in [6.45, 7) is 2.05. The molecule has 0 fully saturated rings. The number of amides is 1. The standard InChI is InChI=1S/C23H20ClN5O3/c1-15-27-22(28-29(15)18-5-3-17(24)4-6-18)23(30)26-14-16-11-12-25-21(13-16)32-20-9-7-19(31-2)8-10-20/h3-13H,14H2,1-2H3,(H,26,30). The highest BCUT2D eigenvalue weighted by Crippen LogP contribution is 2.23. The number of ether oxygens (including phenoxy) is 2. The summed E-state index contributed by atoms with van der Waals surface area (Å²) in [5, 5.41) is 7.76. The number of aromatic nitrogens is 4. The van der Waals surface area contributed by atoms with Gasteiger partial charge in [-0.1, -0.05) is 11.6 Å². The van der Waals surface area contributed by atoms with Crippen molar-refractivity contribution in [1.29, 1.82) is 0 Å². The number of pyridine rings is 1. The third-order valence-corrected chi connectivity index (χ3v) is 4.83. The monoisotopic (exact) mass is 449 g/mol. The van der Waals surface area contributed by atoms with Crippen molar-refractivity contribution in [3.63, 3.8) is 0 Å². The molecule has 4 rings (SSSR count). The van der Waals surface area contributed by atoms with Gasteiger partial charge in [-0.05, 0) is 67.1 Å². The van der Waals surface area contributed by atoms with E-state index in [1.807, 2.05) is 12.1 Å². The van der Waals surface area contributed by atoms with Crippen molar-refractivity contribution in [2.24, 2.45) is 0 Å². The molecule has 2 heterocycles. The van der Waals surface area contributed by atoms with E-state index in [-0.39, 0.29) is 18.3 Å². The van der Waals surface area contributed by atoms with Crippen LogP contribution in [0.1, 0.15) is 22.0 Å². The van der Waals surface area contributed by atoms with Crippen LogP contribution in [0.2, 0.25) is 5.02 Å². The molecule has 1 N–H and O–H groups in total. The first kappa shape index (κ1) is 21.3. The number of nitrogens with one attached hydrogen (secondary N) is 1. The molecular weight excluding hydrogens is 430 g/mol. The van der Waals surface area contributed by atoms with Crippen molar-refractivity contribution >= 4 is 17.5 Å². The predicted octanol–water partition coefficient (Wildman–Crippen LogP) is 4.36. The van der Waals surface area contributed by atoms with Gasteiger partial charge >= 0.3 is 0 Å². The van der Waals surface area contributed by atoms with Crippen LogP contribution in [0.15, 0.2) is 66.9 Å². The fourth-order valence-corrected chi connectivity index (χ4v) is 3.08. The lowest BCUT2D eigenvalue weighted by atomic mass is 10.2. The average Bonchev–Trinajstić information content (AvgIpc) is 3.20. The van der Waals surface area contributed by atoms with E-state index >= 15 is 0 Å². The molecule has 0 saturated carbocycles. The highest BCUT2D eigenvalue weighted by atomic mass is 35.5. The van der Waals surface area contributed by atoms with Crippen molar-refractivity contribution in [2.45, 2.75) is 13.5 Å². The van der Waals surface area contributed by atoms with Crippen molar-refractivity contribution in [3.05, 3.63) is 89.1 Å². The second-order valence-corrected chi connectivity index (χ2v) is 7.27. The lowest BCUT2D eigenvalue weighted by molar-refractivity contribution is 0.0940. The molecule has 162 valence electrons. The van der Waals surface area contributed by atoms with Crippen LogP contribution >= 0.6 is 11.6 Å². The molecule has 0 atom stereocenters. The minimum absolute atomic E-state index is 0.0845. The normalized spacial score (nSPS) is 10.6. The van der Waals surface area contributed by atoms with E-state index < -0.39 is 0 Å². The van der Waals surface area contributed by atoms with Gasteiger partial charge in [0.05, 0.1) is 12.8 Å². The zero-order valence-corrected chi connectivity index (χ0v) is 18.2. The zero-order chi connectivity index (χ0) is 22.5. The van der Waals surface area contributed by atoms with Gasteiger partial charge in [-0.25, -0.2) is 14.6 Å². The predicted molar refractivity (Wildman–Crippen MR) is 120 cm³/mol. The van der Waals surface area contributed by atoms with Gasteiger partial charge in [-0.15, -0.1) is 5.10 Å². The van der Waals surface area contributed by atoms with E-state index in [1.165, 1.54) is 0 Å². The van der Waals surface area contributed by atoms with E-state index in [0.717, 1.165) is 17.0 Å². The molecule has 8 nitrogen and oxygen atoms in total. The van der Waals surface area contributed by atoms with E-state index in [2.05, 4.69) is 20.4 Å². The first-order valence-electron chi connectivity index (χ1n) is 9.76. The van der Waals surface area contributed by atoms with Crippen LogP contribution in [0.25, 0.3) is 5.69 Å². The van der Waals surface area contributed by atoms with E-state index in [0.29, 0.717) is 22.5 Å². The number of nitrogens with zero attached hydrogens (tertiary/aromatic N) is 4. The Morgan fingerprint density at radius 3 is 2.50 bits per heavy atom. The van der Waals surface area contributed by atoms with Gasteiger partial charge in [0.15, 0.2) is 0 Å². The third-order valence-electron chi connectivity index (χ3n) is 4.58. The molecule has 0 spiro atoms. The van der Waals surface area contributed by atoms with Crippen molar-refractivity contribution < 1.29 is 14.3 Å². The molecule has 0 aliphatic carbocycles. The molecule has 2 aromatic heterocycles. The van der Waals surface area contributed by atoms with E-state index in [9.17, 15) is 4.79 Å². The summed E-state index contributed by atoms with van der Waals surface area (Å²) in [6, 6.07) is 17.9. The second-order valence-electron chi connectivity index (χ2n) is 6.83. The molecule has 0 radical (unpaired) electrons. The minimum Gasteiger partial charge on any atom is -0.497 e. The molecule has 0 aliphatic heterocycles. The van der Waals surface area contributed by atoms with E-state index in [4.69, 9.17) is 21.1 Å². The third kappa shape index (κ3) is 5.04. The zero-order valence-electron chi connectivity index (χ0n) is 17.4. The quantitative estimate of drug-likeness (QED) is 0.451. The smallest absolute Gasteiger partial charge is 0.291 e. The first-order chi connectivity index (χ1) is 15.5. The van der Waals surface area contributed by atoms with Gasteiger partial charge in [0.1, 0.15) is 17.3 Å². The van der Waals surface area contributed by atoms with Gasteiger partial charge in [0.2, 0.25) is 11.7 Å². The average molecular weight is 450 g/mol. The summed E-state index contributed by atoms with van der Waals surface area (Å²) in [7, 11) is 1.61. The maximum Gasteiger partial charge on any atom is 0.291 e. The molecule has 1 amide bonds. The Labute approximate surface area is 189 Å². The molecule has 9 heteroatoms. The van der Waals surface area contributed by atoms with Gasteiger partial charge in [0.25, 0.3) is 5.91 Å². The fraction of sp³-hybridized carbons (Fsp3) is 0.130. The molecule has 4 aromatic rings. The Balaban J connectivity index is 1.40. The van der Waals surface area contributed by atoms with Gasteiger partial charge in [-0.2, -0.15) is 0 Å². The van der Waals surface area contributed by atoms with Crippen LogP contribution in [0.3, 0.4) is 0 Å². The fourth-order valence-electron chi connectivity index (χ4n) is 2.96. The highest BCUT2D eigenvalue weighted by Gasteiger charge is 2.15. The maximum atomic E-state index is 12.6. The lowest BCUT2D eigenvalue weighted by Gasteiger charge is -2.08. The molecule has 2 aromatic carbocycles. The van der Waals surface area contributed by atoms with Crippen LogP contribution in [0.4, 0.5) is 0 Å². The van der Waals surface area contributed by atoms with Gasteiger partial charge in [-0.3, -0.25) is 4.79 Å². The number of hydrogen-bond donors (Lipinski definition) is 1. The topological polar surface area (TPSA) is 91.2 Å². The maximum absolute atomic E-state index is 12.6. The van der Waals surface area contributed by atoms with Gasteiger partial charge in [0, 0.05) is 23.8 Å². The van der Waals surface area contributed by atoms with Crippen LogP contribution in [0.5, 0.6) is 17.4 Å². The Morgan fingerprint density at radius 1 is 1.06 bits per heavy atom. The Hall–Kier alpha value is -3.91.